The van der Waals surface area contributed by atoms with Crippen LogP contribution in [-0.2, 0) is 15.8 Å². The summed E-state index contributed by atoms with van der Waals surface area (Å²) in [6.07, 6.45) is 6.80. The Morgan fingerprint density at radius 3 is 2.52 bits per heavy atom. The topological polar surface area (TPSA) is 66.7 Å². The van der Waals surface area contributed by atoms with Gasteiger partial charge in [-0.05, 0) is 18.8 Å². The van der Waals surface area contributed by atoms with Crippen molar-refractivity contribution in [2.24, 2.45) is 5.92 Å². The third-order valence-corrected chi connectivity index (χ3v) is 6.35. The van der Waals surface area contributed by atoms with E-state index < -0.39 is 10.0 Å². The van der Waals surface area contributed by atoms with Gasteiger partial charge in [-0.1, -0.05) is 18.0 Å². The third-order valence-electron chi connectivity index (χ3n) is 4.54. The van der Waals surface area contributed by atoms with E-state index >= 15 is 0 Å². The lowest BCUT2D eigenvalue weighted by atomic mass is 10.1. The number of sulfonamides is 1. The predicted molar refractivity (Wildman–Crippen MR) is 79.1 cm³/mol. The summed E-state index contributed by atoms with van der Waals surface area (Å²) in [5.41, 5.74) is 0.475. The average molecular weight is 313 g/mol. The van der Waals surface area contributed by atoms with Crippen molar-refractivity contribution < 1.29 is 12.9 Å². The lowest BCUT2D eigenvalue weighted by molar-refractivity contribution is 0.165. The van der Waals surface area contributed by atoms with Crippen molar-refractivity contribution in [2.75, 3.05) is 32.7 Å². The van der Waals surface area contributed by atoms with Gasteiger partial charge in [0.2, 0.25) is 10.0 Å². The van der Waals surface area contributed by atoms with Crippen molar-refractivity contribution in [3.8, 4) is 0 Å². The van der Waals surface area contributed by atoms with Gasteiger partial charge in [-0.2, -0.15) is 4.31 Å². The van der Waals surface area contributed by atoms with Crippen LogP contribution in [0.15, 0.2) is 16.9 Å². The molecule has 0 aromatic carbocycles. The fourth-order valence-electron chi connectivity index (χ4n) is 3.34. The Hall–Kier alpha value is -0.920. The van der Waals surface area contributed by atoms with Crippen LogP contribution in [0, 0.1) is 5.92 Å². The van der Waals surface area contributed by atoms with Gasteiger partial charge < -0.3 is 9.42 Å². The minimum Gasteiger partial charge on any atom is -0.364 e. The largest absolute Gasteiger partial charge is 0.364 e. The molecule has 0 atom stereocenters. The lowest BCUT2D eigenvalue weighted by Gasteiger charge is -2.35. The number of nitrogens with zero attached hydrogens (tertiary/aromatic N) is 3. The van der Waals surface area contributed by atoms with Crippen LogP contribution >= 0.6 is 0 Å². The number of piperazine rings is 1. The molecule has 0 N–H and O–H groups in total. The predicted octanol–water partition coefficient (Wildman–Crippen LogP) is 1.31. The number of rotatable bonds is 5. The summed E-state index contributed by atoms with van der Waals surface area (Å²) in [6.45, 7) is 4.00. The highest BCUT2D eigenvalue weighted by molar-refractivity contribution is 7.88. The van der Waals surface area contributed by atoms with Crippen LogP contribution in [0.5, 0.6) is 0 Å². The molecule has 0 radical (unpaired) electrons. The molecule has 1 saturated heterocycles. The van der Waals surface area contributed by atoms with Crippen LogP contribution in [0.1, 0.15) is 31.4 Å². The van der Waals surface area contributed by atoms with Gasteiger partial charge in [0.1, 0.15) is 12.0 Å². The Bertz CT molecular complexity index is 530. The molecule has 0 bridgehead atoms. The Balaban J connectivity index is 1.50. The summed E-state index contributed by atoms with van der Waals surface area (Å²) in [6, 6.07) is 1.61. The van der Waals surface area contributed by atoms with Crippen LogP contribution in [0.3, 0.4) is 0 Å². The quantitative estimate of drug-likeness (QED) is 0.820. The van der Waals surface area contributed by atoms with Crippen LogP contribution in [-0.4, -0.2) is 55.5 Å². The summed E-state index contributed by atoms with van der Waals surface area (Å²) >= 11 is 0. The van der Waals surface area contributed by atoms with Crippen molar-refractivity contribution in [3.05, 3.63) is 18.0 Å². The van der Waals surface area contributed by atoms with E-state index in [0.717, 1.165) is 25.6 Å². The van der Waals surface area contributed by atoms with E-state index in [1.165, 1.54) is 31.9 Å². The minimum atomic E-state index is -3.27. The van der Waals surface area contributed by atoms with Crippen LogP contribution in [0.25, 0.3) is 0 Å². The summed E-state index contributed by atoms with van der Waals surface area (Å²) in [4.78, 5) is 2.41. The smallest absolute Gasteiger partial charge is 0.220 e. The molecule has 0 unspecified atom stereocenters. The van der Waals surface area contributed by atoms with E-state index in [-0.39, 0.29) is 5.75 Å². The van der Waals surface area contributed by atoms with Crippen LogP contribution < -0.4 is 0 Å². The molecule has 0 amide bonds. The highest BCUT2D eigenvalue weighted by Crippen LogP contribution is 2.26. The van der Waals surface area contributed by atoms with Crippen molar-refractivity contribution >= 4 is 10.0 Å². The van der Waals surface area contributed by atoms with Gasteiger partial charge in [0.25, 0.3) is 0 Å². The molecule has 7 heteroatoms. The summed E-state index contributed by atoms with van der Waals surface area (Å²) < 4.78 is 30.9. The molecule has 21 heavy (non-hydrogen) atoms. The van der Waals surface area contributed by atoms with E-state index in [4.69, 9.17) is 4.52 Å². The van der Waals surface area contributed by atoms with Gasteiger partial charge in [-0.25, -0.2) is 8.42 Å². The Labute approximate surface area is 126 Å². The highest BCUT2D eigenvalue weighted by Gasteiger charge is 2.29. The number of hydrogen-bond acceptors (Lipinski definition) is 5. The Morgan fingerprint density at radius 1 is 1.19 bits per heavy atom. The molecule has 1 aliphatic heterocycles. The molecule has 118 valence electrons. The monoisotopic (exact) mass is 313 g/mol. The molecule has 1 saturated carbocycles. The first-order valence-corrected chi connectivity index (χ1v) is 9.34. The second-order valence-electron chi connectivity index (χ2n) is 6.10. The second kappa shape index (κ2) is 6.46. The van der Waals surface area contributed by atoms with Crippen molar-refractivity contribution in [2.45, 2.75) is 31.4 Å². The average Bonchev–Trinajstić information content (AvgIpc) is 3.13. The maximum atomic E-state index is 12.3. The number of aromatic nitrogens is 1. The zero-order chi connectivity index (χ0) is 14.7. The molecule has 3 rings (SSSR count). The summed E-state index contributed by atoms with van der Waals surface area (Å²) in [5, 5.41) is 3.69. The van der Waals surface area contributed by atoms with Crippen LogP contribution in [0.4, 0.5) is 0 Å². The van der Waals surface area contributed by atoms with Gasteiger partial charge in [0.15, 0.2) is 0 Å². The first-order chi connectivity index (χ1) is 10.1. The van der Waals surface area contributed by atoms with E-state index in [9.17, 15) is 8.42 Å². The van der Waals surface area contributed by atoms with Gasteiger partial charge in [0, 0.05) is 38.8 Å². The Kier molecular flexibility index (Phi) is 4.61. The summed E-state index contributed by atoms with van der Waals surface area (Å²) in [7, 11) is -3.27. The molecular weight excluding hydrogens is 290 g/mol. The van der Waals surface area contributed by atoms with Gasteiger partial charge >= 0.3 is 0 Å². The van der Waals surface area contributed by atoms with E-state index in [1.54, 1.807) is 10.4 Å². The fraction of sp³-hybridized carbons (Fsp3) is 0.786. The second-order valence-corrected chi connectivity index (χ2v) is 8.07. The van der Waals surface area contributed by atoms with E-state index in [0.29, 0.717) is 18.8 Å². The molecule has 1 aliphatic carbocycles. The van der Waals surface area contributed by atoms with Crippen molar-refractivity contribution in [3.63, 3.8) is 0 Å². The molecule has 1 aromatic rings. The van der Waals surface area contributed by atoms with E-state index in [2.05, 4.69) is 10.1 Å². The van der Waals surface area contributed by atoms with Gasteiger partial charge in [-0.15, -0.1) is 0 Å². The first-order valence-electron chi connectivity index (χ1n) is 7.73. The standard InChI is InChI=1S/C14H23N3O3S/c18-21(19,12-14-5-10-20-15-14)17-8-6-16(7-9-17)11-13-3-1-2-4-13/h5,10,13H,1-4,6-9,11-12H2. The Morgan fingerprint density at radius 2 is 1.90 bits per heavy atom. The van der Waals surface area contributed by atoms with Crippen LogP contribution in [0.2, 0.25) is 0 Å². The minimum absolute atomic E-state index is 0.0634. The first kappa shape index (κ1) is 15.0. The maximum Gasteiger partial charge on any atom is 0.220 e. The molecular formula is C14H23N3O3S. The molecule has 2 heterocycles. The lowest BCUT2D eigenvalue weighted by Crippen LogP contribution is -2.49. The van der Waals surface area contributed by atoms with Crippen molar-refractivity contribution in [1.82, 2.24) is 14.4 Å². The summed E-state index contributed by atoms with van der Waals surface area (Å²) in [5.74, 6) is 0.759. The van der Waals surface area contributed by atoms with Crippen molar-refractivity contribution in [1.29, 1.82) is 0 Å². The van der Waals surface area contributed by atoms with Gasteiger partial charge in [-0.3, -0.25) is 0 Å². The molecule has 6 nitrogen and oxygen atoms in total. The fourth-order valence-corrected chi connectivity index (χ4v) is 4.76. The normalized spacial score (nSPS) is 22.9. The maximum absolute atomic E-state index is 12.3. The highest BCUT2D eigenvalue weighted by atomic mass is 32.2. The SMILES string of the molecule is O=S(=O)(Cc1ccon1)N1CCN(CC2CCCC2)CC1. The third kappa shape index (κ3) is 3.84. The molecule has 2 aliphatic rings. The van der Waals surface area contributed by atoms with E-state index in [1.807, 2.05) is 0 Å². The number of hydrogen-bond donors (Lipinski definition) is 0. The molecule has 2 fully saturated rings. The zero-order valence-corrected chi connectivity index (χ0v) is 13.1. The van der Waals surface area contributed by atoms with Gasteiger partial charge in [0.05, 0.1) is 5.69 Å². The molecule has 1 aromatic heterocycles. The molecule has 0 spiro atoms. The zero-order valence-electron chi connectivity index (χ0n) is 12.3.